The number of hydrogen-bond acceptors (Lipinski definition) is 4. The van der Waals surface area contributed by atoms with Crippen LogP contribution in [0.1, 0.15) is 13.3 Å². The Morgan fingerprint density at radius 2 is 1.89 bits per heavy atom. The van der Waals surface area contributed by atoms with E-state index >= 15 is 0 Å². The second kappa shape index (κ2) is 7.45. The Kier molecular flexibility index (Phi) is 5.24. The summed E-state index contributed by atoms with van der Waals surface area (Å²) in [6.07, 6.45) is -0.0142. The number of rotatable bonds is 5. The molecule has 0 bridgehead atoms. The van der Waals surface area contributed by atoms with Gasteiger partial charge in [0.25, 0.3) is 0 Å². The van der Waals surface area contributed by atoms with Crippen LogP contribution in [0.4, 0.5) is 15.8 Å². The van der Waals surface area contributed by atoms with Crippen LogP contribution < -0.4 is 14.9 Å². The standard InChI is InChI=1S/C18H18FN3O4S/c1-12(23)20-14-5-7-17(8-6-14)27(25,26)21-15-10-18(24)22(11-15)16-4-2-3-13(19)9-16/h2-9,15,21H,10-11H2,1H3,(H,20,23)/t15-/m0/s1. The van der Waals surface area contributed by atoms with Crippen molar-refractivity contribution in [2.45, 2.75) is 24.3 Å². The molecule has 142 valence electrons. The second-order valence-corrected chi connectivity index (χ2v) is 7.93. The molecule has 0 aromatic heterocycles. The molecule has 1 aliphatic heterocycles. The van der Waals surface area contributed by atoms with E-state index in [9.17, 15) is 22.4 Å². The molecule has 0 saturated carbocycles. The van der Waals surface area contributed by atoms with Gasteiger partial charge in [0.1, 0.15) is 5.82 Å². The zero-order chi connectivity index (χ0) is 19.6. The van der Waals surface area contributed by atoms with E-state index in [1.807, 2.05) is 0 Å². The maximum atomic E-state index is 13.4. The van der Waals surface area contributed by atoms with Crippen LogP contribution in [0.25, 0.3) is 0 Å². The molecule has 0 unspecified atom stereocenters. The molecule has 2 N–H and O–H groups in total. The van der Waals surface area contributed by atoms with E-state index in [1.54, 1.807) is 6.07 Å². The fourth-order valence-electron chi connectivity index (χ4n) is 2.89. The molecule has 2 aromatic carbocycles. The predicted octanol–water partition coefficient (Wildman–Crippen LogP) is 1.87. The number of amides is 2. The molecule has 0 spiro atoms. The summed E-state index contributed by atoms with van der Waals surface area (Å²) in [5.41, 5.74) is 0.871. The Labute approximate surface area is 156 Å². The van der Waals surface area contributed by atoms with E-state index in [4.69, 9.17) is 0 Å². The Hall–Kier alpha value is -2.78. The van der Waals surface area contributed by atoms with Crippen LogP contribution in [0.2, 0.25) is 0 Å². The van der Waals surface area contributed by atoms with Crippen molar-refractivity contribution in [2.24, 2.45) is 0 Å². The van der Waals surface area contributed by atoms with Crippen molar-refractivity contribution in [3.63, 3.8) is 0 Å². The lowest BCUT2D eigenvalue weighted by Crippen LogP contribution is -2.37. The van der Waals surface area contributed by atoms with Crippen LogP contribution in [0.5, 0.6) is 0 Å². The molecule has 2 amide bonds. The predicted molar refractivity (Wildman–Crippen MR) is 98.2 cm³/mol. The maximum absolute atomic E-state index is 13.4. The summed E-state index contributed by atoms with van der Waals surface area (Å²) in [5.74, 6) is -1.01. The molecule has 9 heteroatoms. The average molecular weight is 391 g/mol. The van der Waals surface area contributed by atoms with Crippen LogP contribution >= 0.6 is 0 Å². The van der Waals surface area contributed by atoms with Crippen LogP contribution in [0.3, 0.4) is 0 Å². The SMILES string of the molecule is CC(=O)Nc1ccc(S(=O)(=O)N[C@H]2CC(=O)N(c3cccc(F)c3)C2)cc1. The van der Waals surface area contributed by atoms with Gasteiger partial charge >= 0.3 is 0 Å². The molecule has 0 radical (unpaired) electrons. The molecule has 1 fully saturated rings. The first-order valence-corrected chi connectivity index (χ1v) is 9.69. The molecular formula is C18H18FN3O4S. The number of halogens is 1. The summed E-state index contributed by atoms with van der Waals surface area (Å²) < 4.78 is 41.0. The number of nitrogens with one attached hydrogen (secondary N) is 2. The molecular weight excluding hydrogens is 373 g/mol. The van der Waals surface area contributed by atoms with Gasteiger partial charge in [0.05, 0.1) is 4.90 Å². The lowest BCUT2D eigenvalue weighted by atomic mass is 10.3. The summed E-state index contributed by atoms with van der Waals surface area (Å²) in [5, 5.41) is 2.55. The van der Waals surface area contributed by atoms with Crippen molar-refractivity contribution >= 4 is 33.2 Å². The van der Waals surface area contributed by atoms with Crippen molar-refractivity contribution in [1.29, 1.82) is 0 Å². The third-order valence-corrected chi connectivity index (χ3v) is 5.59. The summed E-state index contributed by atoms with van der Waals surface area (Å²) in [7, 11) is -3.84. The minimum absolute atomic E-state index is 0.0142. The first-order valence-electron chi connectivity index (χ1n) is 8.20. The van der Waals surface area contributed by atoms with Crippen molar-refractivity contribution < 1.29 is 22.4 Å². The van der Waals surface area contributed by atoms with Gasteiger partial charge in [0.15, 0.2) is 0 Å². The highest BCUT2D eigenvalue weighted by Gasteiger charge is 2.33. The first-order chi connectivity index (χ1) is 12.7. The lowest BCUT2D eigenvalue weighted by Gasteiger charge is -2.17. The summed E-state index contributed by atoms with van der Waals surface area (Å²) in [6.45, 7) is 1.47. The smallest absolute Gasteiger partial charge is 0.240 e. The maximum Gasteiger partial charge on any atom is 0.240 e. The summed E-state index contributed by atoms with van der Waals surface area (Å²) >= 11 is 0. The summed E-state index contributed by atoms with van der Waals surface area (Å²) in [4.78, 5) is 24.6. The molecule has 2 aromatic rings. The van der Waals surface area contributed by atoms with Crippen LogP contribution in [-0.2, 0) is 19.6 Å². The highest BCUT2D eigenvalue weighted by atomic mass is 32.2. The largest absolute Gasteiger partial charge is 0.326 e. The zero-order valence-corrected chi connectivity index (χ0v) is 15.3. The van der Waals surface area contributed by atoms with Crippen molar-refractivity contribution in [3.8, 4) is 0 Å². The van der Waals surface area contributed by atoms with Crippen molar-refractivity contribution in [1.82, 2.24) is 4.72 Å². The molecule has 1 aliphatic rings. The number of hydrogen-bond donors (Lipinski definition) is 2. The third kappa shape index (κ3) is 4.50. The third-order valence-electron chi connectivity index (χ3n) is 4.05. The average Bonchev–Trinajstić information content (AvgIpc) is 2.94. The van der Waals surface area contributed by atoms with Gasteiger partial charge in [-0.1, -0.05) is 6.07 Å². The minimum Gasteiger partial charge on any atom is -0.326 e. The van der Waals surface area contributed by atoms with Crippen LogP contribution in [-0.4, -0.2) is 32.8 Å². The topological polar surface area (TPSA) is 95.6 Å². The van der Waals surface area contributed by atoms with Crippen LogP contribution in [0, 0.1) is 5.82 Å². The Bertz CT molecular complexity index is 976. The van der Waals surface area contributed by atoms with Gasteiger partial charge in [-0.3, -0.25) is 9.59 Å². The Balaban J connectivity index is 1.71. The highest BCUT2D eigenvalue weighted by Crippen LogP contribution is 2.23. The van der Waals surface area contributed by atoms with Gasteiger partial charge in [0, 0.05) is 37.3 Å². The normalized spacial score (nSPS) is 17.2. The number of carbonyl (C=O) groups excluding carboxylic acids is 2. The minimum atomic E-state index is -3.84. The molecule has 1 saturated heterocycles. The monoisotopic (exact) mass is 391 g/mol. The zero-order valence-electron chi connectivity index (χ0n) is 14.5. The number of carbonyl (C=O) groups is 2. The van der Waals surface area contributed by atoms with Gasteiger partial charge in [-0.15, -0.1) is 0 Å². The highest BCUT2D eigenvalue weighted by molar-refractivity contribution is 7.89. The number of benzene rings is 2. The van der Waals surface area contributed by atoms with Gasteiger partial charge < -0.3 is 10.2 Å². The van der Waals surface area contributed by atoms with E-state index < -0.39 is 21.9 Å². The molecule has 1 heterocycles. The second-order valence-electron chi connectivity index (χ2n) is 6.21. The van der Waals surface area contributed by atoms with E-state index in [0.717, 1.165) is 0 Å². The fourth-order valence-corrected chi connectivity index (χ4v) is 4.12. The van der Waals surface area contributed by atoms with Gasteiger partial charge in [-0.25, -0.2) is 17.5 Å². The molecule has 0 aliphatic carbocycles. The summed E-state index contributed by atoms with van der Waals surface area (Å²) in [6, 6.07) is 10.7. The molecule has 7 nitrogen and oxygen atoms in total. The van der Waals surface area contributed by atoms with Crippen molar-refractivity contribution in [3.05, 3.63) is 54.3 Å². The quantitative estimate of drug-likeness (QED) is 0.813. The molecule has 27 heavy (non-hydrogen) atoms. The van der Waals surface area contributed by atoms with Gasteiger partial charge in [-0.05, 0) is 42.5 Å². The van der Waals surface area contributed by atoms with Crippen molar-refractivity contribution in [2.75, 3.05) is 16.8 Å². The molecule has 1 atom stereocenters. The van der Waals surface area contributed by atoms with E-state index in [0.29, 0.717) is 11.4 Å². The first kappa shape index (κ1) is 19.0. The van der Waals surface area contributed by atoms with E-state index in [2.05, 4.69) is 10.0 Å². The molecule has 3 rings (SSSR count). The Morgan fingerprint density at radius 1 is 1.19 bits per heavy atom. The van der Waals surface area contributed by atoms with Crippen LogP contribution in [0.15, 0.2) is 53.4 Å². The number of anilines is 2. The fraction of sp³-hybridized carbons (Fsp3) is 0.222. The van der Waals surface area contributed by atoms with E-state index in [1.165, 1.54) is 54.3 Å². The Morgan fingerprint density at radius 3 is 2.52 bits per heavy atom. The van der Waals surface area contributed by atoms with E-state index in [-0.39, 0.29) is 29.7 Å². The van der Waals surface area contributed by atoms with Gasteiger partial charge in [0.2, 0.25) is 21.8 Å². The van der Waals surface area contributed by atoms with Gasteiger partial charge in [-0.2, -0.15) is 0 Å². The lowest BCUT2D eigenvalue weighted by molar-refractivity contribution is -0.117. The number of sulfonamides is 1. The number of nitrogens with zero attached hydrogens (tertiary/aromatic N) is 1.